The molecule has 0 aromatic carbocycles. The summed E-state index contributed by atoms with van der Waals surface area (Å²) >= 11 is 7.19. The quantitative estimate of drug-likeness (QED) is 0.862. The van der Waals surface area contributed by atoms with Crippen LogP contribution in [0.2, 0.25) is 5.02 Å². The van der Waals surface area contributed by atoms with Gasteiger partial charge in [-0.05, 0) is 30.2 Å². The average Bonchev–Trinajstić information content (AvgIpc) is 2.83. The second-order valence-electron chi connectivity index (χ2n) is 3.96. The van der Waals surface area contributed by atoms with Crippen LogP contribution in [0.3, 0.4) is 0 Å². The third-order valence-corrected chi connectivity index (χ3v) is 3.88. The van der Waals surface area contributed by atoms with Gasteiger partial charge in [0.1, 0.15) is 0 Å². The van der Waals surface area contributed by atoms with Crippen LogP contribution in [0.15, 0.2) is 36.0 Å². The zero-order chi connectivity index (χ0) is 13.0. The first kappa shape index (κ1) is 13.1. The van der Waals surface area contributed by atoms with Gasteiger partial charge in [-0.15, -0.1) is 11.3 Å². The largest absolute Gasteiger partial charge is 0.341 e. The van der Waals surface area contributed by atoms with Gasteiger partial charge in [0.25, 0.3) is 5.91 Å². The van der Waals surface area contributed by atoms with E-state index in [-0.39, 0.29) is 5.91 Å². The minimum Gasteiger partial charge on any atom is -0.341 e. The molecule has 0 atom stereocenters. The normalized spacial score (nSPS) is 10.3. The van der Waals surface area contributed by atoms with Crippen molar-refractivity contribution in [1.82, 2.24) is 9.88 Å². The number of likely N-dealkylation sites (N-methyl/N-ethyl adjacent to an activating group) is 1. The number of hydrogen-bond acceptors (Lipinski definition) is 3. The molecule has 0 saturated heterocycles. The molecular formula is C13H13ClN2OS. The van der Waals surface area contributed by atoms with Crippen molar-refractivity contribution in [2.75, 3.05) is 13.6 Å². The zero-order valence-corrected chi connectivity index (χ0v) is 11.5. The number of rotatable bonds is 4. The molecule has 0 bridgehead atoms. The number of amides is 1. The fourth-order valence-electron chi connectivity index (χ4n) is 1.56. The van der Waals surface area contributed by atoms with E-state index in [0.29, 0.717) is 16.4 Å². The van der Waals surface area contributed by atoms with E-state index < -0.39 is 0 Å². The summed E-state index contributed by atoms with van der Waals surface area (Å²) in [5, 5.41) is 2.39. The lowest BCUT2D eigenvalue weighted by Crippen LogP contribution is -2.28. The number of nitrogens with zero attached hydrogens (tertiary/aromatic N) is 2. The van der Waals surface area contributed by atoms with Crippen molar-refractivity contribution in [3.8, 4) is 0 Å². The van der Waals surface area contributed by atoms with E-state index in [1.165, 1.54) is 16.9 Å². The lowest BCUT2D eigenvalue weighted by Gasteiger charge is -2.15. The molecule has 0 aliphatic carbocycles. The minimum atomic E-state index is 0.0148. The number of halogens is 1. The van der Waals surface area contributed by atoms with Crippen molar-refractivity contribution < 1.29 is 4.79 Å². The van der Waals surface area contributed by atoms with Gasteiger partial charge in [0.2, 0.25) is 0 Å². The molecule has 0 fully saturated rings. The molecule has 0 aliphatic rings. The molecule has 0 spiro atoms. The second-order valence-corrected chi connectivity index (χ2v) is 5.31. The van der Waals surface area contributed by atoms with E-state index in [1.54, 1.807) is 35.8 Å². The van der Waals surface area contributed by atoms with Gasteiger partial charge in [0.15, 0.2) is 0 Å². The molecule has 18 heavy (non-hydrogen) atoms. The highest BCUT2D eigenvalue weighted by Crippen LogP contribution is 2.20. The molecule has 0 aliphatic heterocycles. The number of hydrogen-bond donors (Lipinski definition) is 0. The average molecular weight is 281 g/mol. The van der Waals surface area contributed by atoms with Gasteiger partial charge in [-0.2, -0.15) is 0 Å². The first-order chi connectivity index (χ1) is 8.66. The van der Waals surface area contributed by atoms with Crippen molar-refractivity contribution in [1.29, 1.82) is 0 Å². The molecule has 0 unspecified atom stereocenters. The van der Waals surface area contributed by atoms with E-state index in [2.05, 4.69) is 4.98 Å². The molecule has 2 aromatic heterocycles. The lowest BCUT2D eigenvalue weighted by molar-refractivity contribution is 0.0801. The molecule has 94 valence electrons. The third kappa shape index (κ3) is 3.31. The summed E-state index contributed by atoms with van der Waals surface area (Å²) in [5.74, 6) is 0.0148. The van der Waals surface area contributed by atoms with Gasteiger partial charge in [-0.1, -0.05) is 11.6 Å². The summed E-state index contributed by atoms with van der Waals surface area (Å²) in [5.41, 5.74) is 1.17. The van der Waals surface area contributed by atoms with Crippen molar-refractivity contribution in [2.24, 2.45) is 0 Å². The summed E-state index contributed by atoms with van der Waals surface area (Å²) in [7, 11) is 1.80. The Bertz CT molecular complexity index is 527. The maximum absolute atomic E-state index is 12.0. The predicted octanol–water partition coefficient (Wildman–Crippen LogP) is 3.11. The maximum Gasteiger partial charge on any atom is 0.263 e. The molecule has 2 rings (SSSR count). The molecule has 0 saturated carbocycles. The first-order valence-corrected chi connectivity index (χ1v) is 6.81. The van der Waals surface area contributed by atoms with Gasteiger partial charge in [0, 0.05) is 31.4 Å². The van der Waals surface area contributed by atoms with Gasteiger partial charge in [-0.25, -0.2) is 0 Å². The molecule has 3 nitrogen and oxygen atoms in total. The van der Waals surface area contributed by atoms with Gasteiger partial charge >= 0.3 is 0 Å². The van der Waals surface area contributed by atoms with Crippen molar-refractivity contribution in [3.63, 3.8) is 0 Å². The minimum absolute atomic E-state index is 0.0148. The predicted molar refractivity (Wildman–Crippen MR) is 74.2 cm³/mol. The maximum atomic E-state index is 12.0. The summed E-state index contributed by atoms with van der Waals surface area (Å²) in [6.45, 7) is 0.679. The van der Waals surface area contributed by atoms with E-state index in [9.17, 15) is 4.79 Å². The summed E-state index contributed by atoms with van der Waals surface area (Å²) in [6.07, 6.45) is 4.34. The van der Waals surface area contributed by atoms with Crippen LogP contribution in [0.1, 0.15) is 15.2 Å². The van der Waals surface area contributed by atoms with Crippen molar-refractivity contribution in [3.05, 3.63) is 51.4 Å². The molecule has 2 aromatic rings. The van der Waals surface area contributed by atoms with Crippen LogP contribution in [0.4, 0.5) is 0 Å². The highest BCUT2D eigenvalue weighted by atomic mass is 35.5. The Balaban J connectivity index is 1.92. The molecule has 5 heteroatoms. The third-order valence-electron chi connectivity index (χ3n) is 2.61. The van der Waals surface area contributed by atoms with Crippen LogP contribution < -0.4 is 0 Å². The van der Waals surface area contributed by atoms with Crippen molar-refractivity contribution in [2.45, 2.75) is 6.42 Å². The Morgan fingerprint density at radius 3 is 2.78 bits per heavy atom. The molecule has 2 heterocycles. The Kier molecular flexibility index (Phi) is 4.33. The van der Waals surface area contributed by atoms with Crippen LogP contribution in [0.25, 0.3) is 0 Å². The van der Waals surface area contributed by atoms with Crippen LogP contribution >= 0.6 is 22.9 Å². The zero-order valence-electron chi connectivity index (χ0n) is 9.97. The van der Waals surface area contributed by atoms with E-state index in [0.717, 1.165) is 6.42 Å². The fraction of sp³-hybridized carbons (Fsp3) is 0.231. The number of carbonyl (C=O) groups excluding carboxylic acids is 1. The highest BCUT2D eigenvalue weighted by Gasteiger charge is 2.13. The van der Waals surface area contributed by atoms with Crippen molar-refractivity contribution >= 4 is 28.8 Å². The van der Waals surface area contributed by atoms with E-state index in [4.69, 9.17) is 11.6 Å². The number of pyridine rings is 1. The van der Waals surface area contributed by atoms with Gasteiger partial charge < -0.3 is 4.90 Å². The SMILES string of the molecule is CN(CCc1ccncc1)C(=O)c1cc(Cl)cs1. The number of aromatic nitrogens is 1. The van der Waals surface area contributed by atoms with Gasteiger partial charge in [-0.3, -0.25) is 9.78 Å². The highest BCUT2D eigenvalue weighted by molar-refractivity contribution is 7.12. The Morgan fingerprint density at radius 1 is 1.44 bits per heavy atom. The Morgan fingerprint density at radius 2 is 2.17 bits per heavy atom. The van der Waals surface area contributed by atoms with Gasteiger partial charge in [0.05, 0.1) is 9.90 Å². The molecule has 0 N–H and O–H groups in total. The number of carbonyl (C=O) groups is 1. The van der Waals surface area contributed by atoms with E-state index >= 15 is 0 Å². The summed E-state index contributed by atoms with van der Waals surface area (Å²) in [4.78, 5) is 18.4. The van der Waals surface area contributed by atoms with Crippen LogP contribution in [0, 0.1) is 0 Å². The second kappa shape index (κ2) is 5.98. The first-order valence-electron chi connectivity index (χ1n) is 5.55. The molecule has 0 radical (unpaired) electrons. The standard InChI is InChI=1S/C13H13ClN2OS/c1-16(7-4-10-2-5-15-6-3-10)13(17)12-8-11(14)9-18-12/h2-3,5-6,8-9H,4,7H2,1H3. The van der Waals surface area contributed by atoms with Crippen LogP contribution in [-0.2, 0) is 6.42 Å². The lowest BCUT2D eigenvalue weighted by atomic mass is 10.2. The molecule has 1 amide bonds. The summed E-state index contributed by atoms with van der Waals surface area (Å²) < 4.78 is 0. The summed E-state index contributed by atoms with van der Waals surface area (Å²) in [6, 6.07) is 5.62. The number of thiophene rings is 1. The monoisotopic (exact) mass is 280 g/mol. The van der Waals surface area contributed by atoms with Crippen LogP contribution in [-0.4, -0.2) is 29.4 Å². The Labute approximate surface area is 115 Å². The molecular weight excluding hydrogens is 268 g/mol. The fourth-order valence-corrected chi connectivity index (χ4v) is 2.63. The smallest absolute Gasteiger partial charge is 0.263 e. The van der Waals surface area contributed by atoms with Crippen LogP contribution in [0.5, 0.6) is 0 Å². The van der Waals surface area contributed by atoms with E-state index in [1.807, 2.05) is 12.1 Å². The Hall–Kier alpha value is -1.39. The topological polar surface area (TPSA) is 33.2 Å².